The molecule has 2 rings (SSSR count). The smallest absolute Gasteiger partial charge is 0.311 e. The van der Waals surface area contributed by atoms with Gasteiger partial charge in [-0.2, -0.15) is 0 Å². The second-order valence-corrected chi connectivity index (χ2v) is 5.12. The van der Waals surface area contributed by atoms with Crippen LogP contribution in [-0.2, 0) is 4.79 Å². The van der Waals surface area contributed by atoms with Crippen molar-refractivity contribution in [2.75, 3.05) is 13.1 Å². The Hall–Kier alpha value is -1.06. The summed E-state index contributed by atoms with van der Waals surface area (Å²) >= 11 is 5.83. The Bertz CT molecular complexity index is 403. The number of rotatable bonds is 4. The van der Waals surface area contributed by atoms with Gasteiger partial charge in [-0.05, 0) is 56.5 Å². The molecule has 1 saturated heterocycles. The summed E-state index contributed by atoms with van der Waals surface area (Å²) in [6.45, 7) is 2.12. The van der Waals surface area contributed by atoms with Gasteiger partial charge in [-0.15, -0.1) is 0 Å². The van der Waals surface area contributed by atoms with Gasteiger partial charge in [0.15, 0.2) is 0 Å². The fourth-order valence-corrected chi connectivity index (χ4v) is 2.39. The van der Waals surface area contributed by atoms with Gasteiger partial charge in [0, 0.05) is 11.4 Å². The van der Waals surface area contributed by atoms with Crippen LogP contribution in [0.15, 0.2) is 24.3 Å². The van der Waals surface area contributed by atoms with Crippen LogP contribution in [0.3, 0.4) is 0 Å². The molecule has 1 atom stereocenters. The molecule has 1 unspecified atom stereocenters. The summed E-state index contributed by atoms with van der Waals surface area (Å²) in [6.07, 6.45) is 3.77. The van der Waals surface area contributed by atoms with E-state index in [2.05, 4.69) is 5.32 Å². The molecule has 1 N–H and O–H groups in total. The standard InChI is InChI=1S/C14H18ClNO2/c15-12-4-1-5-13(9-12)18-14(17)7-6-11-3-2-8-16-10-11/h1,4-5,9,11,16H,2-3,6-8,10H2. The zero-order valence-electron chi connectivity index (χ0n) is 10.3. The highest BCUT2D eigenvalue weighted by atomic mass is 35.5. The first-order valence-corrected chi connectivity index (χ1v) is 6.79. The summed E-state index contributed by atoms with van der Waals surface area (Å²) in [4.78, 5) is 11.7. The van der Waals surface area contributed by atoms with E-state index in [1.807, 2.05) is 0 Å². The van der Waals surface area contributed by atoms with Gasteiger partial charge in [0.25, 0.3) is 0 Å². The summed E-state index contributed by atoms with van der Waals surface area (Å²) in [6, 6.07) is 6.93. The highest BCUT2D eigenvalue weighted by Gasteiger charge is 2.15. The maximum atomic E-state index is 11.7. The number of carbonyl (C=O) groups is 1. The van der Waals surface area contributed by atoms with Crippen LogP contribution in [0.2, 0.25) is 5.02 Å². The van der Waals surface area contributed by atoms with Crippen molar-refractivity contribution in [2.24, 2.45) is 5.92 Å². The molecular formula is C14H18ClNO2. The SMILES string of the molecule is O=C(CCC1CCCNC1)Oc1cccc(Cl)c1. The maximum Gasteiger partial charge on any atom is 0.311 e. The number of hydrogen-bond acceptors (Lipinski definition) is 3. The average Bonchev–Trinajstić information content (AvgIpc) is 2.38. The van der Waals surface area contributed by atoms with E-state index < -0.39 is 0 Å². The average molecular weight is 268 g/mol. The molecule has 0 saturated carbocycles. The lowest BCUT2D eigenvalue weighted by molar-refractivity contribution is -0.134. The third kappa shape index (κ3) is 4.31. The van der Waals surface area contributed by atoms with Gasteiger partial charge in [-0.25, -0.2) is 0 Å². The molecule has 0 radical (unpaired) electrons. The van der Waals surface area contributed by atoms with E-state index >= 15 is 0 Å². The van der Waals surface area contributed by atoms with Gasteiger partial charge < -0.3 is 10.1 Å². The third-order valence-electron chi connectivity index (χ3n) is 3.18. The molecule has 4 heteroatoms. The van der Waals surface area contributed by atoms with Crippen LogP contribution in [0.5, 0.6) is 5.75 Å². The van der Waals surface area contributed by atoms with Gasteiger partial charge in [-0.3, -0.25) is 4.79 Å². The first-order chi connectivity index (χ1) is 8.74. The van der Waals surface area contributed by atoms with E-state index in [9.17, 15) is 4.79 Å². The van der Waals surface area contributed by atoms with Crippen molar-refractivity contribution < 1.29 is 9.53 Å². The Morgan fingerprint density at radius 2 is 2.39 bits per heavy atom. The number of halogens is 1. The topological polar surface area (TPSA) is 38.3 Å². The number of benzene rings is 1. The molecule has 0 amide bonds. The van der Waals surface area contributed by atoms with Crippen molar-refractivity contribution in [1.82, 2.24) is 5.32 Å². The van der Waals surface area contributed by atoms with E-state index in [0.717, 1.165) is 19.5 Å². The Labute approximate surface area is 112 Å². The van der Waals surface area contributed by atoms with Crippen LogP contribution < -0.4 is 10.1 Å². The van der Waals surface area contributed by atoms with Crippen molar-refractivity contribution in [3.05, 3.63) is 29.3 Å². The van der Waals surface area contributed by atoms with Crippen LogP contribution in [0, 0.1) is 5.92 Å². The molecule has 1 aliphatic heterocycles. The minimum absolute atomic E-state index is 0.178. The van der Waals surface area contributed by atoms with E-state index in [-0.39, 0.29) is 5.97 Å². The molecule has 1 aromatic carbocycles. The Morgan fingerprint density at radius 1 is 1.50 bits per heavy atom. The van der Waals surface area contributed by atoms with E-state index in [0.29, 0.717) is 23.1 Å². The summed E-state index contributed by atoms with van der Waals surface area (Å²) < 4.78 is 5.24. The first-order valence-electron chi connectivity index (χ1n) is 6.41. The summed E-state index contributed by atoms with van der Waals surface area (Å²) in [7, 11) is 0. The van der Waals surface area contributed by atoms with Crippen molar-refractivity contribution in [1.29, 1.82) is 0 Å². The van der Waals surface area contributed by atoms with Gasteiger partial charge in [0.2, 0.25) is 0 Å². The second-order valence-electron chi connectivity index (χ2n) is 4.68. The normalized spacial score (nSPS) is 19.5. The zero-order valence-corrected chi connectivity index (χ0v) is 11.1. The Kier molecular flexibility index (Phi) is 5.02. The van der Waals surface area contributed by atoms with E-state index in [4.69, 9.17) is 16.3 Å². The molecule has 18 heavy (non-hydrogen) atoms. The van der Waals surface area contributed by atoms with Crippen molar-refractivity contribution >= 4 is 17.6 Å². The number of esters is 1. The largest absolute Gasteiger partial charge is 0.426 e. The van der Waals surface area contributed by atoms with Crippen LogP contribution >= 0.6 is 11.6 Å². The fraction of sp³-hybridized carbons (Fsp3) is 0.500. The molecule has 0 aromatic heterocycles. The monoisotopic (exact) mass is 267 g/mol. The molecule has 1 aliphatic rings. The lowest BCUT2D eigenvalue weighted by atomic mass is 9.95. The van der Waals surface area contributed by atoms with E-state index in [1.54, 1.807) is 24.3 Å². The Balaban J connectivity index is 1.74. The van der Waals surface area contributed by atoms with Crippen LogP contribution in [0.4, 0.5) is 0 Å². The molecule has 1 heterocycles. The number of piperidine rings is 1. The van der Waals surface area contributed by atoms with Crippen LogP contribution in [-0.4, -0.2) is 19.1 Å². The maximum absolute atomic E-state index is 11.7. The molecule has 1 fully saturated rings. The molecule has 0 bridgehead atoms. The van der Waals surface area contributed by atoms with Crippen molar-refractivity contribution in [2.45, 2.75) is 25.7 Å². The van der Waals surface area contributed by atoms with Gasteiger partial charge >= 0.3 is 5.97 Å². The van der Waals surface area contributed by atoms with Crippen molar-refractivity contribution in [3.8, 4) is 5.75 Å². The predicted octanol–water partition coefficient (Wildman–Crippen LogP) is 3.03. The highest BCUT2D eigenvalue weighted by Crippen LogP contribution is 2.19. The van der Waals surface area contributed by atoms with Gasteiger partial charge in [-0.1, -0.05) is 17.7 Å². The fourth-order valence-electron chi connectivity index (χ4n) is 2.21. The van der Waals surface area contributed by atoms with Crippen molar-refractivity contribution in [3.63, 3.8) is 0 Å². The lowest BCUT2D eigenvalue weighted by Crippen LogP contribution is -2.30. The molecule has 0 aliphatic carbocycles. The molecule has 3 nitrogen and oxygen atoms in total. The molecule has 98 valence electrons. The molecule has 0 spiro atoms. The molecular weight excluding hydrogens is 250 g/mol. The van der Waals surface area contributed by atoms with Crippen LogP contribution in [0.1, 0.15) is 25.7 Å². The quantitative estimate of drug-likeness (QED) is 0.673. The highest BCUT2D eigenvalue weighted by molar-refractivity contribution is 6.30. The first kappa shape index (κ1) is 13.4. The van der Waals surface area contributed by atoms with E-state index in [1.165, 1.54) is 12.8 Å². The number of hydrogen-bond donors (Lipinski definition) is 1. The Morgan fingerprint density at radius 3 is 3.11 bits per heavy atom. The van der Waals surface area contributed by atoms with Gasteiger partial charge in [0.05, 0.1) is 0 Å². The minimum atomic E-state index is -0.178. The lowest BCUT2D eigenvalue weighted by Gasteiger charge is -2.22. The van der Waals surface area contributed by atoms with Crippen LogP contribution in [0.25, 0.3) is 0 Å². The molecule has 1 aromatic rings. The summed E-state index contributed by atoms with van der Waals surface area (Å²) in [5.41, 5.74) is 0. The minimum Gasteiger partial charge on any atom is -0.426 e. The number of carbonyl (C=O) groups excluding carboxylic acids is 1. The zero-order chi connectivity index (χ0) is 12.8. The summed E-state index contributed by atoms with van der Waals surface area (Å²) in [5, 5.41) is 3.93. The van der Waals surface area contributed by atoms with Gasteiger partial charge in [0.1, 0.15) is 5.75 Å². The predicted molar refractivity (Wildman–Crippen MR) is 71.9 cm³/mol. The summed E-state index contributed by atoms with van der Waals surface area (Å²) in [5.74, 6) is 0.947. The number of ether oxygens (including phenoxy) is 1. The second kappa shape index (κ2) is 6.76. The third-order valence-corrected chi connectivity index (χ3v) is 3.42. The number of nitrogens with one attached hydrogen (secondary N) is 1.